The van der Waals surface area contributed by atoms with Gasteiger partial charge in [0.05, 0.1) is 12.1 Å². The van der Waals surface area contributed by atoms with Crippen LogP contribution in [-0.4, -0.2) is 23.8 Å². The summed E-state index contributed by atoms with van der Waals surface area (Å²) in [6.07, 6.45) is 1.04. The standard InChI is InChI=1S/C18H17NO3S2/c1-23-17-5-3-2-4-13(17)18(21)19-10-14(20)16-7-6-15(22-16)12-8-9-24-11-12/h2-9,11,14,20H,10H2,1H3,(H,19,21)/t14-/m1/s1. The van der Waals surface area contributed by atoms with Crippen LogP contribution in [0, 0.1) is 0 Å². The number of amides is 1. The number of thioether (sulfide) groups is 1. The Morgan fingerprint density at radius 2 is 2.12 bits per heavy atom. The predicted octanol–water partition coefficient (Wildman–Crippen LogP) is 4.19. The Bertz CT molecular complexity index is 811. The molecule has 4 nitrogen and oxygen atoms in total. The van der Waals surface area contributed by atoms with Crippen LogP contribution in [0.5, 0.6) is 0 Å². The number of hydrogen-bond acceptors (Lipinski definition) is 5. The van der Waals surface area contributed by atoms with Gasteiger partial charge in [-0.3, -0.25) is 4.79 Å². The third-order valence-corrected chi connectivity index (χ3v) is 5.05. The Hall–Kier alpha value is -2.02. The predicted molar refractivity (Wildman–Crippen MR) is 97.5 cm³/mol. The van der Waals surface area contributed by atoms with Crippen LogP contribution >= 0.6 is 23.1 Å². The quantitative estimate of drug-likeness (QED) is 0.648. The number of thiophene rings is 1. The fourth-order valence-electron chi connectivity index (χ4n) is 2.31. The van der Waals surface area contributed by atoms with Crippen molar-refractivity contribution in [3.8, 4) is 11.3 Å². The van der Waals surface area contributed by atoms with Gasteiger partial charge in [0, 0.05) is 15.8 Å². The Morgan fingerprint density at radius 3 is 2.88 bits per heavy atom. The van der Waals surface area contributed by atoms with Crippen LogP contribution in [0.2, 0.25) is 0 Å². The number of furan rings is 1. The number of carbonyl (C=O) groups excluding carboxylic acids is 1. The first kappa shape index (κ1) is 16.8. The molecule has 0 fully saturated rings. The third-order valence-electron chi connectivity index (χ3n) is 3.57. The monoisotopic (exact) mass is 359 g/mol. The zero-order chi connectivity index (χ0) is 16.9. The maximum absolute atomic E-state index is 12.3. The van der Waals surface area contributed by atoms with Crippen LogP contribution < -0.4 is 5.32 Å². The van der Waals surface area contributed by atoms with Crippen molar-refractivity contribution in [2.75, 3.05) is 12.8 Å². The number of rotatable bonds is 6. The molecule has 0 saturated carbocycles. The minimum Gasteiger partial charge on any atom is -0.458 e. The average molecular weight is 359 g/mol. The van der Waals surface area contributed by atoms with E-state index in [1.165, 1.54) is 11.8 Å². The summed E-state index contributed by atoms with van der Waals surface area (Å²) in [5.74, 6) is 0.947. The highest BCUT2D eigenvalue weighted by Gasteiger charge is 2.16. The molecule has 0 aliphatic heterocycles. The fourth-order valence-corrected chi connectivity index (χ4v) is 3.55. The average Bonchev–Trinajstić information content (AvgIpc) is 3.30. The SMILES string of the molecule is CSc1ccccc1C(=O)NC[C@@H](O)c1ccc(-c2ccsc2)o1. The van der Waals surface area contributed by atoms with Crippen molar-refractivity contribution in [2.24, 2.45) is 0 Å². The van der Waals surface area contributed by atoms with Gasteiger partial charge in [-0.2, -0.15) is 11.3 Å². The summed E-state index contributed by atoms with van der Waals surface area (Å²) in [5, 5.41) is 17.0. The molecule has 1 amide bonds. The Labute approximate surface area is 148 Å². The van der Waals surface area contributed by atoms with Crippen molar-refractivity contribution < 1.29 is 14.3 Å². The molecule has 0 unspecified atom stereocenters. The van der Waals surface area contributed by atoms with E-state index in [0.29, 0.717) is 17.1 Å². The second-order valence-electron chi connectivity index (χ2n) is 5.14. The lowest BCUT2D eigenvalue weighted by atomic mass is 10.2. The van der Waals surface area contributed by atoms with Gasteiger partial charge >= 0.3 is 0 Å². The molecule has 124 valence electrons. The summed E-state index contributed by atoms with van der Waals surface area (Å²) >= 11 is 3.10. The second kappa shape index (κ2) is 7.70. The Balaban J connectivity index is 1.63. The lowest BCUT2D eigenvalue weighted by Crippen LogP contribution is -2.28. The lowest BCUT2D eigenvalue weighted by Gasteiger charge is -2.11. The van der Waals surface area contributed by atoms with Crippen molar-refractivity contribution in [2.45, 2.75) is 11.0 Å². The van der Waals surface area contributed by atoms with Gasteiger partial charge in [-0.25, -0.2) is 0 Å². The summed E-state index contributed by atoms with van der Waals surface area (Å²) in [7, 11) is 0. The maximum atomic E-state index is 12.3. The largest absolute Gasteiger partial charge is 0.458 e. The van der Waals surface area contributed by atoms with Crippen molar-refractivity contribution in [3.05, 3.63) is 64.5 Å². The van der Waals surface area contributed by atoms with Gasteiger partial charge < -0.3 is 14.8 Å². The topological polar surface area (TPSA) is 62.5 Å². The minimum absolute atomic E-state index is 0.0954. The van der Waals surface area contributed by atoms with Crippen LogP contribution in [-0.2, 0) is 0 Å². The molecular weight excluding hydrogens is 342 g/mol. The Morgan fingerprint density at radius 1 is 1.29 bits per heavy atom. The van der Waals surface area contributed by atoms with Gasteiger partial charge in [-0.1, -0.05) is 12.1 Å². The van der Waals surface area contributed by atoms with Gasteiger partial charge in [-0.15, -0.1) is 11.8 Å². The summed E-state index contributed by atoms with van der Waals surface area (Å²) in [6, 6.07) is 12.9. The molecule has 3 aromatic rings. The molecule has 1 atom stereocenters. The Kier molecular flexibility index (Phi) is 5.40. The van der Waals surface area contributed by atoms with E-state index in [4.69, 9.17) is 4.42 Å². The zero-order valence-corrected chi connectivity index (χ0v) is 14.7. The van der Waals surface area contributed by atoms with Crippen molar-refractivity contribution in [1.82, 2.24) is 5.32 Å². The molecule has 3 rings (SSSR count). The highest BCUT2D eigenvalue weighted by atomic mass is 32.2. The van der Waals surface area contributed by atoms with Gasteiger partial charge in [0.2, 0.25) is 0 Å². The van der Waals surface area contributed by atoms with Crippen LogP contribution in [0.15, 0.2) is 62.5 Å². The second-order valence-corrected chi connectivity index (χ2v) is 6.77. The van der Waals surface area contributed by atoms with E-state index in [1.807, 2.05) is 47.3 Å². The highest BCUT2D eigenvalue weighted by molar-refractivity contribution is 7.98. The molecule has 2 N–H and O–H groups in total. The molecule has 24 heavy (non-hydrogen) atoms. The van der Waals surface area contributed by atoms with Crippen LogP contribution in [0.1, 0.15) is 22.2 Å². The molecule has 0 aliphatic carbocycles. The van der Waals surface area contributed by atoms with Gasteiger partial charge in [0.15, 0.2) is 0 Å². The highest BCUT2D eigenvalue weighted by Crippen LogP contribution is 2.27. The normalized spacial score (nSPS) is 12.1. The van der Waals surface area contributed by atoms with Gasteiger partial charge in [0.25, 0.3) is 5.91 Å². The number of benzene rings is 1. The summed E-state index contributed by atoms with van der Waals surface area (Å²) in [4.78, 5) is 13.2. The molecule has 0 spiro atoms. The zero-order valence-electron chi connectivity index (χ0n) is 13.1. The number of aliphatic hydroxyl groups excluding tert-OH is 1. The molecule has 0 aliphatic rings. The molecule has 0 radical (unpaired) electrons. The molecule has 6 heteroatoms. The van der Waals surface area contributed by atoms with Gasteiger partial charge in [0.1, 0.15) is 17.6 Å². The summed E-state index contributed by atoms with van der Waals surface area (Å²) in [6.45, 7) is 0.0954. The van der Waals surface area contributed by atoms with Crippen LogP contribution in [0.25, 0.3) is 11.3 Å². The van der Waals surface area contributed by atoms with Crippen molar-refractivity contribution in [3.63, 3.8) is 0 Å². The fraction of sp³-hybridized carbons (Fsp3) is 0.167. The molecule has 2 heterocycles. The lowest BCUT2D eigenvalue weighted by molar-refractivity contribution is 0.0899. The summed E-state index contributed by atoms with van der Waals surface area (Å²) in [5.41, 5.74) is 1.59. The van der Waals surface area contributed by atoms with E-state index in [0.717, 1.165) is 10.5 Å². The maximum Gasteiger partial charge on any atom is 0.252 e. The van der Waals surface area contributed by atoms with E-state index in [-0.39, 0.29) is 12.5 Å². The third kappa shape index (κ3) is 3.72. The molecule has 2 aromatic heterocycles. The number of hydrogen-bond donors (Lipinski definition) is 2. The van der Waals surface area contributed by atoms with Crippen LogP contribution in [0.3, 0.4) is 0 Å². The first-order valence-electron chi connectivity index (χ1n) is 7.40. The molecule has 0 saturated heterocycles. The summed E-state index contributed by atoms with van der Waals surface area (Å²) < 4.78 is 5.67. The van der Waals surface area contributed by atoms with Crippen molar-refractivity contribution >= 4 is 29.0 Å². The number of carbonyl (C=O) groups is 1. The van der Waals surface area contributed by atoms with Gasteiger partial charge in [-0.05, 0) is 42.0 Å². The van der Waals surface area contributed by atoms with E-state index in [9.17, 15) is 9.90 Å². The van der Waals surface area contributed by atoms with E-state index < -0.39 is 6.10 Å². The minimum atomic E-state index is -0.886. The van der Waals surface area contributed by atoms with Crippen molar-refractivity contribution in [1.29, 1.82) is 0 Å². The first-order chi connectivity index (χ1) is 11.7. The number of nitrogens with one attached hydrogen (secondary N) is 1. The van der Waals surface area contributed by atoms with E-state index in [1.54, 1.807) is 23.5 Å². The van der Waals surface area contributed by atoms with E-state index >= 15 is 0 Å². The molecule has 1 aromatic carbocycles. The number of aliphatic hydroxyl groups is 1. The van der Waals surface area contributed by atoms with Crippen LogP contribution in [0.4, 0.5) is 0 Å². The molecule has 0 bridgehead atoms. The smallest absolute Gasteiger partial charge is 0.252 e. The first-order valence-corrected chi connectivity index (χ1v) is 9.57. The van der Waals surface area contributed by atoms with E-state index in [2.05, 4.69) is 5.32 Å². The molecular formula is C18H17NO3S2.